The Balaban J connectivity index is 3.32. The van der Waals surface area contributed by atoms with Crippen molar-refractivity contribution in [3.8, 4) is 0 Å². The predicted octanol–water partition coefficient (Wildman–Crippen LogP) is 2.12. The van der Waals surface area contributed by atoms with Gasteiger partial charge in [-0.05, 0) is 11.6 Å². The van der Waals surface area contributed by atoms with Crippen molar-refractivity contribution in [2.75, 3.05) is 5.73 Å². The van der Waals surface area contributed by atoms with Gasteiger partial charge in [0, 0.05) is 6.07 Å². The molecule has 1 heterocycles. The van der Waals surface area contributed by atoms with E-state index in [1.165, 1.54) is 0 Å². The summed E-state index contributed by atoms with van der Waals surface area (Å²) >= 11 is 4.96. The van der Waals surface area contributed by atoms with Gasteiger partial charge in [0.2, 0.25) is 0 Å². The topological polar surface area (TPSA) is 56.0 Å². The SMILES string of the molecule is Nc1nc(C(F)F)cc(F)c1C(=O)Cl. The summed E-state index contributed by atoms with van der Waals surface area (Å²) < 4.78 is 37.1. The van der Waals surface area contributed by atoms with Crippen LogP contribution >= 0.6 is 11.6 Å². The summed E-state index contributed by atoms with van der Waals surface area (Å²) in [5, 5.41) is -1.17. The molecule has 1 aromatic rings. The Bertz CT molecular complexity index is 360. The molecule has 0 spiro atoms. The van der Waals surface area contributed by atoms with Crippen molar-refractivity contribution in [3.63, 3.8) is 0 Å². The number of carbonyl (C=O) groups excluding carboxylic acids is 1. The van der Waals surface area contributed by atoms with E-state index in [1.54, 1.807) is 0 Å². The van der Waals surface area contributed by atoms with Crippen LogP contribution in [0.1, 0.15) is 22.5 Å². The number of pyridine rings is 1. The molecule has 0 saturated carbocycles. The second kappa shape index (κ2) is 3.83. The molecule has 0 bridgehead atoms. The summed E-state index contributed by atoms with van der Waals surface area (Å²) in [5.41, 5.74) is 3.56. The van der Waals surface area contributed by atoms with Crippen LogP contribution in [0.5, 0.6) is 0 Å². The highest BCUT2D eigenvalue weighted by Gasteiger charge is 2.19. The average Bonchev–Trinajstić information content (AvgIpc) is 2.01. The smallest absolute Gasteiger partial charge is 0.280 e. The third-order valence-electron chi connectivity index (χ3n) is 1.44. The molecule has 76 valence electrons. The first-order chi connectivity index (χ1) is 6.43. The van der Waals surface area contributed by atoms with Crippen LogP contribution < -0.4 is 5.73 Å². The highest BCUT2D eigenvalue weighted by atomic mass is 35.5. The van der Waals surface area contributed by atoms with E-state index in [4.69, 9.17) is 17.3 Å². The molecule has 14 heavy (non-hydrogen) atoms. The maximum Gasteiger partial charge on any atom is 0.280 e. The summed E-state index contributed by atoms with van der Waals surface area (Å²) in [6.07, 6.45) is -2.95. The van der Waals surface area contributed by atoms with Crippen molar-refractivity contribution >= 4 is 22.7 Å². The van der Waals surface area contributed by atoms with Crippen molar-refractivity contribution in [3.05, 3.63) is 23.1 Å². The van der Waals surface area contributed by atoms with Crippen LogP contribution in [0, 0.1) is 5.82 Å². The third kappa shape index (κ3) is 1.95. The number of nitrogens with zero attached hydrogens (tertiary/aromatic N) is 1. The average molecular weight is 225 g/mol. The first-order valence-electron chi connectivity index (χ1n) is 3.37. The van der Waals surface area contributed by atoms with Gasteiger partial charge in [-0.1, -0.05) is 0 Å². The number of nitrogen functional groups attached to an aromatic ring is 1. The Morgan fingerprint density at radius 1 is 1.57 bits per heavy atom. The van der Waals surface area contributed by atoms with Gasteiger partial charge >= 0.3 is 0 Å². The molecular formula is C7H4ClF3N2O. The quantitative estimate of drug-likeness (QED) is 0.783. The fourth-order valence-corrected chi connectivity index (χ4v) is 1.05. The second-order valence-electron chi connectivity index (χ2n) is 2.36. The van der Waals surface area contributed by atoms with E-state index in [1.807, 2.05) is 0 Å². The summed E-state index contributed by atoms with van der Waals surface area (Å²) in [7, 11) is 0. The van der Waals surface area contributed by atoms with Gasteiger partial charge in [0.15, 0.2) is 0 Å². The Labute approximate surface area is 81.7 Å². The normalized spacial score (nSPS) is 10.6. The molecule has 3 nitrogen and oxygen atoms in total. The summed E-state index contributed by atoms with van der Waals surface area (Å²) in [5.74, 6) is -1.84. The largest absolute Gasteiger partial charge is 0.383 e. The van der Waals surface area contributed by atoms with Gasteiger partial charge in [-0.2, -0.15) is 0 Å². The van der Waals surface area contributed by atoms with Gasteiger partial charge in [-0.3, -0.25) is 4.79 Å². The molecule has 0 aliphatic heterocycles. The van der Waals surface area contributed by atoms with Crippen LogP contribution in [-0.2, 0) is 0 Å². The number of hydrogen-bond donors (Lipinski definition) is 1. The van der Waals surface area contributed by atoms with Gasteiger partial charge in [0.05, 0.1) is 0 Å². The summed E-state index contributed by atoms with van der Waals surface area (Å²) in [6, 6.07) is 0.427. The molecule has 0 unspecified atom stereocenters. The van der Waals surface area contributed by atoms with Crippen LogP contribution in [0.3, 0.4) is 0 Å². The molecule has 0 aromatic carbocycles. The number of carbonyl (C=O) groups is 1. The number of aromatic nitrogens is 1. The lowest BCUT2D eigenvalue weighted by Gasteiger charge is -2.04. The fourth-order valence-electron chi connectivity index (χ4n) is 0.858. The number of alkyl halides is 2. The van der Waals surface area contributed by atoms with Crippen LogP contribution in [0.4, 0.5) is 19.0 Å². The zero-order chi connectivity index (χ0) is 10.9. The van der Waals surface area contributed by atoms with E-state index in [9.17, 15) is 18.0 Å². The molecule has 7 heteroatoms. The van der Waals surface area contributed by atoms with Crippen LogP contribution in [-0.4, -0.2) is 10.2 Å². The number of hydrogen-bond acceptors (Lipinski definition) is 3. The van der Waals surface area contributed by atoms with E-state index < -0.39 is 34.6 Å². The van der Waals surface area contributed by atoms with Gasteiger partial charge in [0.1, 0.15) is 22.9 Å². The third-order valence-corrected chi connectivity index (χ3v) is 1.63. The minimum Gasteiger partial charge on any atom is -0.383 e. The van der Waals surface area contributed by atoms with E-state index in [0.29, 0.717) is 6.07 Å². The minimum atomic E-state index is -2.95. The minimum absolute atomic E-state index is 0.427. The molecule has 1 aromatic heterocycles. The molecule has 2 N–H and O–H groups in total. The monoisotopic (exact) mass is 224 g/mol. The molecular weight excluding hydrogens is 221 g/mol. The maximum absolute atomic E-state index is 13.0. The molecule has 0 atom stereocenters. The van der Waals surface area contributed by atoms with E-state index in [-0.39, 0.29) is 0 Å². The van der Waals surface area contributed by atoms with Crippen molar-refractivity contribution in [1.29, 1.82) is 0 Å². The lowest BCUT2D eigenvalue weighted by atomic mass is 10.2. The zero-order valence-electron chi connectivity index (χ0n) is 6.60. The van der Waals surface area contributed by atoms with Crippen LogP contribution in [0.25, 0.3) is 0 Å². The van der Waals surface area contributed by atoms with E-state index >= 15 is 0 Å². The Kier molecular flexibility index (Phi) is 2.95. The highest BCUT2D eigenvalue weighted by Crippen LogP contribution is 2.23. The lowest BCUT2D eigenvalue weighted by Crippen LogP contribution is -2.07. The number of nitrogens with two attached hydrogens (primary N) is 1. The lowest BCUT2D eigenvalue weighted by molar-refractivity contribution is 0.107. The highest BCUT2D eigenvalue weighted by molar-refractivity contribution is 6.68. The molecule has 0 aliphatic rings. The molecule has 0 fully saturated rings. The number of anilines is 1. The van der Waals surface area contributed by atoms with Crippen LogP contribution in [0.2, 0.25) is 0 Å². The first-order valence-corrected chi connectivity index (χ1v) is 3.75. The molecule has 1 rings (SSSR count). The molecule has 0 radical (unpaired) electrons. The van der Waals surface area contributed by atoms with Crippen molar-refractivity contribution in [2.24, 2.45) is 0 Å². The summed E-state index contributed by atoms with van der Waals surface area (Å²) in [6.45, 7) is 0. The first kappa shape index (κ1) is 10.8. The molecule has 0 aliphatic carbocycles. The number of rotatable bonds is 2. The van der Waals surface area contributed by atoms with Gasteiger partial charge in [-0.15, -0.1) is 0 Å². The van der Waals surface area contributed by atoms with Crippen molar-refractivity contribution in [2.45, 2.75) is 6.43 Å². The van der Waals surface area contributed by atoms with Crippen molar-refractivity contribution < 1.29 is 18.0 Å². The van der Waals surface area contributed by atoms with Gasteiger partial charge in [-0.25, -0.2) is 18.2 Å². The Morgan fingerprint density at radius 2 is 2.14 bits per heavy atom. The zero-order valence-corrected chi connectivity index (χ0v) is 7.36. The second-order valence-corrected chi connectivity index (χ2v) is 2.71. The van der Waals surface area contributed by atoms with Gasteiger partial charge < -0.3 is 5.73 Å². The Hall–Kier alpha value is -1.30. The predicted molar refractivity (Wildman–Crippen MR) is 43.7 cm³/mol. The summed E-state index contributed by atoms with van der Waals surface area (Å²) in [4.78, 5) is 13.7. The van der Waals surface area contributed by atoms with E-state index in [2.05, 4.69) is 4.98 Å². The maximum atomic E-state index is 13.0. The van der Waals surface area contributed by atoms with Gasteiger partial charge in [0.25, 0.3) is 11.7 Å². The Morgan fingerprint density at radius 3 is 2.50 bits per heavy atom. The molecule has 0 saturated heterocycles. The van der Waals surface area contributed by atoms with E-state index in [0.717, 1.165) is 0 Å². The molecule has 0 amide bonds. The van der Waals surface area contributed by atoms with Crippen LogP contribution in [0.15, 0.2) is 6.07 Å². The number of halogens is 4. The fraction of sp³-hybridized carbons (Fsp3) is 0.143. The van der Waals surface area contributed by atoms with Crippen molar-refractivity contribution in [1.82, 2.24) is 4.98 Å². The standard InChI is InChI=1S/C7H4ClF3N2O/c8-5(14)4-2(9)1-3(6(10)11)13-7(4)12/h1,6H,(H2,12,13).